The predicted octanol–water partition coefficient (Wildman–Crippen LogP) is 6.83. The fraction of sp³-hybridized carbons (Fsp3) is 0.259. The Morgan fingerprint density at radius 3 is 2.49 bits per heavy atom. The van der Waals surface area contributed by atoms with Crippen LogP contribution in [0, 0.1) is 5.82 Å². The van der Waals surface area contributed by atoms with E-state index in [0.29, 0.717) is 10.8 Å². The lowest BCUT2D eigenvalue weighted by atomic mass is 10.0. The van der Waals surface area contributed by atoms with Crippen LogP contribution in [0.2, 0.25) is 5.02 Å². The molecule has 184 valence electrons. The van der Waals surface area contributed by atoms with Crippen LogP contribution < -0.4 is 10.1 Å². The first-order valence-electron chi connectivity index (χ1n) is 10.8. The summed E-state index contributed by atoms with van der Waals surface area (Å²) >= 11 is 6.19. The summed E-state index contributed by atoms with van der Waals surface area (Å²) in [6.07, 6.45) is 1.06. The van der Waals surface area contributed by atoms with Crippen molar-refractivity contribution in [2.24, 2.45) is 0 Å². The Bertz CT molecular complexity index is 1320. The average Bonchev–Trinajstić information content (AvgIpc) is 3.20. The van der Waals surface area contributed by atoms with E-state index in [4.69, 9.17) is 16.3 Å². The molecular weight excluding hydrogens is 472 g/mol. The first-order chi connectivity index (χ1) is 16.1. The number of alkyl halides is 1. The monoisotopic (exact) mass is 499 g/mol. The number of ether oxygens (including phenoxy) is 1. The van der Waals surface area contributed by atoms with Gasteiger partial charge in [0.25, 0.3) is 5.91 Å². The van der Waals surface area contributed by atoms with Gasteiger partial charge < -0.3 is 10.1 Å². The van der Waals surface area contributed by atoms with Gasteiger partial charge in [0.15, 0.2) is 5.67 Å². The minimum absolute atomic E-state index is 0. The largest absolute Gasteiger partial charge is 0.484 e. The van der Waals surface area contributed by atoms with Crippen molar-refractivity contribution in [3.63, 3.8) is 0 Å². The van der Waals surface area contributed by atoms with E-state index in [1.54, 1.807) is 54.2 Å². The molecule has 1 heterocycles. The van der Waals surface area contributed by atoms with Crippen molar-refractivity contribution in [1.29, 1.82) is 0 Å². The number of hydrogen-bond donors (Lipinski definition) is 1. The maximum Gasteiger partial charge on any atom is 0.257 e. The molecule has 2 atom stereocenters. The second kappa shape index (κ2) is 10.4. The van der Waals surface area contributed by atoms with Crippen molar-refractivity contribution in [1.82, 2.24) is 15.1 Å². The fourth-order valence-corrected chi connectivity index (χ4v) is 3.81. The van der Waals surface area contributed by atoms with Crippen LogP contribution in [-0.2, 0) is 4.79 Å². The SMILES string of the molecule is C.C[C@H](NC(=O)C(C)(C)F)[C@H](Oc1ccc2c(cnn2-c2ccc(F)cc2)c1)c1cccc(Cl)c1. The number of carbonyl (C=O) groups is 1. The van der Waals surface area contributed by atoms with Crippen LogP contribution in [0.25, 0.3) is 16.6 Å². The van der Waals surface area contributed by atoms with Crippen molar-refractivity contribution in [3.05, 3.63) is 89.3 Å². The number of carbonyl (C=O) groups excluding carboxylic acids is 1. The van der Waals surface area contributed by atoms with Gasteiger partial charge in [-0.2, -0.15) is 5.10 Å². The van der Waals surface area contributed by atoms with E-state index in [1.807, 2.05) is 18.2 Å². The fourth-order valence-electron chi connectivity index (χ4n) is 3.62. The summed E-state index contributed by atoms with van der Waals surface area (Å²) in [5, 5.41) is 8.44. The number of benzene rings is 3. The van der Waals surface area contributed by atoms with Gasteiger partial charge in [-0.15, -0.1) is 0 Å². The molecule has 0 unspecified atom stereocenters. The summed E-state index contributed by atoms with van der Waals surface area (Å²) < 4.78 is 35.4. The summed E-state index contributed by atoms with van der Waals surface area (Å²) in [6, 6.07) is 18.1. The Morgan fingerprint density at radius 1 is 1.11 bits per heavy atom. The minimum atomic E-state index is -2.03. The molecule has 1 N–H and O–H groups in total. The molecule has 0 saturated heterocycles. The normalized spacial score (nSPS) is 13.1. The molecule has 0 aliphatic carbocycles. The highest BCUT2D eigenvalue weighted by atomic mass is 35.5. The van der Waals surface area contributed by atoms with Crippen LogP contribution in [0.15, 0.2) is 72.9 Å². The molecule has 0 fully saturated rings. The van der Waals surface area contributed by atoms with Gasteiger partial charge >= 0.3 is 0 Å². The zero-order chi connectivity index (χ0) is 24.5. The van der Waals surface area contributed by atoms with Gasteiger partial charge in [0, 0.05) is 10.4 Å². The molecule has 4 aromatic rings. The Kier molecular flexibility index (Phi) is 7.80. The lowest BCUT2D eigenvalue weighted by Crippen LogP contribution is -2.46. The van der Waals surface area contributed by atoms with E-state index in [-0.39, 0.29) is 13.2 Å². The van der Waals surface area contributed by atoms with Crippen LogP contribution in [0.3, 0.4) is 0 Å². The second-order valence-corrected chi connectivity index (χ2v) is 9.02. The molecule has 35 heavy (non-hydrogen) atoms. The highest BCUT2D eigenvalue weighted by molar-refractivity contribution is 6.30. The number of nitrogens with one attached hydrogen (secondary N) is 1. The lowest BCUT2D eigenvalue weighted by molar-refractivity contribution is -0.132. The summed E-state index contributed by atoms with van der Waals surface area (Å²) in [5.74, 6) is -0.510. The lowest BCUT2D eigenvalue weighted by Gasteiger charge is -2.28. The highest BCUT2D eigenvalue weighted by Crippen LogP contribution is 2.30. The predicted molar refractivity (Wildman–Crippen MR) is 135 cm³/mol. The molecule has 0 aliphatic heterocycles. The molecular formula is C27H28ClF2N3O2. The zero-order valence-electron chi connectivity index (χ0n) is 18.9. The molecule has 3 aromatic carbocycles. The molecule has 0 spiro atoms. The Hall–Kier alpha value is -3.45. The van der Waals surface area contributed by atoms with Crippen molar-refractivity contribution in [2.45, 2.75) is 46.0 Å². The maximum atomic E-state index is 14.1. The molecule has 0 bridgehead atoms. The van der Waals surface area contributed by atoms with Crippen LogP contribution in [0.4, 0.5) is 8.78 Å². The Balaban J connectivity index is 0.00000342. The maximum absolute atomic E-state index is 14.1. The summed E-state index contributed by atoms with van der Waals surface area (Å²) in [6.45, 7) is 4.16. The van der Waals surface area contributed by atoms with Gasteiger partial charge in [0.2, 0.25) is 0 Å². The first-order valence-corrected chi connectivity index (χ1v) is 11.2. The first kappa shape index (κ1) is 26.2. The highest BCUT2D eigenvalue weighted by Gasteiger charge is 2.31. The summed E-state index contributed by atoms with van der Waals surface area (Å²) in [5.41, 5.74) is 0.256. The summed E-state index contributed by atoms with van der Waals surface area (Å²) in [7, 11) is 0. The van der Waals surface area contributed by atoms with E-state index < -0.39 is 23.7 Å². The Labute approximate surface area is 208 Å². The molecule has 0 saturated carbocycles. The number of amides is 1. The third kappa shape index (κ3) is 5.98. The molecule has 0 aliphatic rings. The van der Waals surface area contributed by atoms with Gasteiger partial charge in [-0.1, -0.05) is 31.2 Å². The third-order valence-electron chi connectivity index (χ3n) is 5.40. The van der Waals surface area contributed by atoms with Gasteiger partial charge in [0.1, 0.15) is 17.7 Å². The second-order valence-electron chi connectivity index (χ2n) is 8.58. The van der Waals surface area contributed by atoms with Crippen LogP contribution in [-0.4, -0.2) is 27.4 Å². The average molecular weight is 500 g/mol. The van der Waals surface area contributed by atoms with Crippen molar-refractivity contribution in [3.8, 4) is 11.4 Å². The third-order valence-corrected chi connectivity index (χ3v) is 5.64. The number of hydrogen-bond acceptors (Lipinski definition) is 3. The van der Waals surface area contributed by atoms with E-state index >= 15 is 0 Å². The van der Waals surface area contributed by atoms with Crippen LogP contribution in [0.5, 0.6) is 5.75 Å². The van der Waals surface area contributed by atoms with Crippen LogP contribution >= 0.6 is 11.6 Å². The zero-order valence-corrected chi connectivity index (χ0v) is 19.7. The minimum Gasteiger partial charge on any atom is -0.484 e. The topological polar surface area (TPSA) is 56.1 Å². The smallest absolute Gasteiger partial charge is 0.257 e. The number of halogens is 3. The van der Waals surface area contributed by atoms with Gasteiger partial charge in [-0.05, 0) is 80.9 Å². The van der Waals surface area contributed by atoms with Gasteiger partial charge in [-0.25, -0.2) is 13.5 Å². The molecule has 4 rings (SSSR count). The van der Waals surface area contributed by atoms with Crippen molar-refractivity contribution in [2.75, 3.05) is 0 Å². The molecule has 0 radical (unpaired) electrons. The molecule has 8 heteroatoms. The molecule has 1 aromatic heterocycles. The number of fused-ring (bicyclic) bond motifs is 1. The van der Waals surface area contributed by atoms with Crippen molar-refractivity contribution >= 4 is 28.4 Å². The summed E-state index contributed by atoms with van der Waals surface area (Å²) in [4.78, 5) is 12.3. The van der Waals surface area contributed by atoms with E-state index in [2.05, 4.69) is 10.4 Å². The Morgan fingerprint density at radius 2 is 1.83 bits per heavy atom. The van der Waals surface area contributed by atoms with Crippen LogP contribution in [0.1, 0.15) is 39.9 Å². The van der Waals surface area contributed by atoms with Gasteiger partial charge in [-0.3, -0.25) is 4.79 Å². The standard InChI is InChI=1S/C26H24ClF2N3O2.CH4/c1-16(31-25(33)26(2,3)29)24(17-5-4-6-19(27)13-17)34-22-11-12-23-18(14-22)15-30-32(23)21-9-7-20(28)8-10-21;/h4-16,24H,1-3H3,(H,31,33);1H4/t16-,24-;/m0./s1. The van der Waals surface area contributed by atoms with E-state index in [0.717, 1.165) is 22.2 Å². The number of rotatable bonds is 7. The number of aromatic nitrogens is 2. The molecule has 1 amide bonds. The molecule has 5 nitrogen and oxygen atoms in total. The van der Waals surface area contributed by atoms with E-state index in [9.17, 15) is 13.6 Å². The number of nitrogens with zero attached hydrogens (tertiary/aromatic N) is 2. The quantitative estimate of drug-likeness (QED) is 0.303. The van der Waals surface area contributed by atoms with Crippen molar-refractivity contribution < 1.29 is 18.3 Å². The van der Waals surface area contributed by atoms with E-state index in [1.165, 1.54) is 26.0 Å². The van der Waals surface area contributed by atoms with Gasteiger partial charge in [0.05, 0.1) is 23.4 Å².